The normalized spacial score (nSPS) is 18.5. The molecule has 1 saturated heterocycles. The zero-order valence-corrected chi connectivity index (χ0v) is 17.8. The third-order valence-corrected chi connectivity index (χ3v) is 5.96. The molecule has 1 heterocycles. The van der Waals surface area contributed by atoms with E-state index in [1.165, 1.54) is 4.90 Å². The molecule has 1 N–H and O–H groups in total. The number of carbonyl (C=O) groups excluding carboxylic acids is 1. The van der Waals surface area contributed by atoms with E-state index in [1.807, 2.05) is 91.0 Å². The Morgan fingerprint density at radius 1 is 0.875 bits per heavy atom. The third kappa shape index (κ3) is 5.06. The summed E-state index contributed by atoms with van der Waals surface area (Å²) in [6.45, 7) is 0.786. The average molecular weight is 430 g/mol. The molecule has 0 aromatic heterocycles. The molecule has 4 rings (SSSR count). The van der Waals surface area contributed by atoms with E-state index in [0.29, 0.717) is 19.6 Å². The second-order valence-corrected chi connectivity index (χ2v) is 8.08. The largest absolute Gasteiger partial charge is 0.480 e. The van der Waals surface area contributed by atoms with E-state index in [9.17, 15) is 14.7 Å². The van der Waals surface area contributed by atoms with Crippen LogP contribution in [0.3, 0.4) is 0 Å². The SMILES string of the molecule is O=C(O)C1CC(OCc2ccccc2)CCN1C(=O)C(c1ccccc1)c1ccccc1. The van der Waals surface area contributed by atoms with Crippen LogP contribution in [0.25, 0.3) is 0 Å². The molecule has 32 heavy (non-hydrogen) atoms. The van der Waals surface area contributed by atoms with E-state index >= 15 is 0 Å². The molecule has 1 fully saturated rings. The second-order valence-electron chi connectivity index (χ2n) is 8.08. The topological polar surface area (TPSA) is 66.8 Å². The maximum atomic E-state index is 13.7. The van der Waals surface area contributed by atoms with Crippen LogP contribution in [-0.2, 0) is 20.9 Å². The van der Waals surface area contributed by atoms with Crippen molar-refractivity contribution in [3.8, 4) is 0 Å². The van der Waals surface area contributed by atoms with E-state index in [0.717, 1.165) is 16.7 Å². The summed E-state index contributed by atoms with van der Waals surface area (Å²) in [6.07, 6.45) is 0.690. The maximum absolute atomic E-state index is 13.7. The summed E-state index contributed by atoms with van der Waals surface area (Å²) in [5, 5.41) is 9.93. The number of carboxylic acid groups (broad SMARTS) is 1. The summed E-state index contributed by atoms with van der Waals surface area (Å²) < 4.78 is 6.01. The lowest BCUT2D eigenvalue weighted by Crippen LogP contribution is -2.53. The number of rotatable bonds is 7. The van der Waals surface area contributed by atoms with Gasteiger partial charge in [-0.1, -0.05) is 91.0 Å². The number of amides is 1. The highest BCUT2D eigenvalue weighted by Gasteiger charge is 2.39. The lowest BCUT2D eigenvalue weighted by Gasteiger charge is -2.39. The van der Waals surface area contributed by atoms with Gasteiger partial charge in [-0.25, -0.2) is 4.79 Å². The van der Waals surface area contributed by atoms with Gasteiger partial charge in [0.1, 0.15) is 6.04 Å². The Morgan fingerprint density at radius 3 is 1.94 bits per heavy atom. The van der Waals surface area contributed by atoms with Gasteiger partial charge in [0, 0.05) is 13.0 Å². The van der Waals surface area contributed by atoms with Crippen LogP contribution in [0.1, 0.15) is 35.4 Å². The van der Waals surface area contributed by atoms with Gasteiger partial charge >= 0.3 is 5.97 Å². The zero-order valence-electron chi connectivity index (χ0n) is 17.8. The molecule has 0 saturated carbocycles. The number of likely N-dealkylation sites (tertiary alicyclic amines) is 1. The van der Waals surface area contributed by atoms with Gasteiger partial charge in [-0.05, 0) is 23.1 Å². The highest BCUT2D eigenvalue weighted by Crippen LogP contribution is 2.31. The van der Waals surface area contributed by atoms with E-state index in [1.54, 1.807) is 0 Å². The minimum atomic E-state index is -0.994. The molecule has 0 bridgehead atoms. The van der Waals surface area contributed by atoms with Gasteiger partial charge in [-0.2, -0.15) is 0 Å². The van der Waals surface area contributed by atoms with E-state index < -0.39 is 17.9 Å². The number of ether oxygens (including phenoxy) is 1. The van der Waals surface area contributed by atoms with Crippen molar-refractivity contribution in [1.29, 1.82) is 0 Å². The minimum absolute atomic E-state index is 0.184. The first-order valence-corrected chi connectivity index (χ1v) is 10.9. The molecule has 3 aromatic rings. The van der Waals surface area contributed by atoms with Crippen molar-refractivity contribution in [3.05, 3.63) is 108 Å². The predicted molar refractivity (Wildman–Crippen MR) is 122 cm³/mol. The highest BCUT2D eigenvalue weighted by atomic mass is 16.5. The van der Waals surface area contributed by atoms with Crippen LogP contribution in [0.4, 0.5) is 0 Å². The summed E-state index contributed by atoms with van der Waals surface area (Å²) >= 11 is 0. The quantitative estimate of drug-likeness (QED) is 0.601. The summed E-state index contributed by atoms with van der Waals surface area (Å²) in [7, 11) is 0. The van der Waals surface area contributed by atoms with Crippen molar-refractivity contribution in [2.75, 3.05) is 6.54 Å². The summed E-state index contributed by atoms with van der Waals surface area (Å²) in [5.41, 5.74) is 2.76. The van der Waals surface area contributed by atoms with Crippen LogP contribution in [0, 0.1) is 0 Å². The summed E-state index contributed by atoms with van der Waals surface area (Å²) in [6, 6.07) is 28.0. The van der Waals surface area contributed by atoms with Crippen LogP contribution in [0.2, 0.25) is 0 Å². The molecule has 164 valence electrons. The molecule has 5 heteroatoms. The standard InChI is InChI=1S/C27H27NO4/c29-26(25(21-12-6-2-7-13-21)22-14-8-3-9-15-22)28-17-16-23(18-24(28)27(30)31)32-19-20-10-4-1-5-11-20/h1-15,23-25H,16-19H2,(H,30,31). The first kappa shape index (κ1) is 21.8. The van der Waals surface area contributed by atoms with Crippen LogP contribution < -0.4 is 0 Å². The Morgan fingerprint density at radius 2 is 1.41 bits per heavy atom. The van der Waals surface area contributed by atoms with Gasteiger partial charge in [-0.15, -0.1) is 0 Å². The predicted octanol–water partition coefficient (Wildman–Crippen LogP) is 4.48. The van der Waals surface area contributed by atoms with E-state index in [-0.39, 0.29) is 18.4 Å². The molecule has 2 unspecified atom stereocenters. The number of carboxylic acids is 1. The molecule has 0 spiro atoms. The van der Waals surface area contributed by atoms with Gasteiger partial charge < -0.3 is 14.7 Å². The number of benzene rings is 3. The van der Waals surface area contributed by atoms with Gasteiger partial charge in [-0.3, -0.25) is 4.79 Å². The van der Waals surface area contributed by atoms with Crippen LogP contribution in [0.15, 0.2) is 91.0 Å². The molecule has 3 aromatic carbocycles. The average Bonchev–Trinajstić information content (AvgIpc) is 2.84. The second kappa shape index (κ2) is 10.2. The molecule has 1 amide bonds. The van der Waals surface area contributed by atoms with Gasteiger partial charge in [0.25, 0.3) is 0 Å². The molecule has 5 nitrogen and oxygen atoms in total. The number of hydrogen-bond donors (Lipinski definition) is 1. The third-order valence-electron chi connectivity index (χ3n) is 5.96. The van der Waals surface area contributed by atoms with Crippen molar-refractivity contribution in [1.82, 2.24) is 4.90 Å². The van der Waals surface area contributed by atoms with Crippen molar-refractivity contribution in [2.24, 2.45) is 0 Å². The maximum Gasteiger partial charge on any atom is 0.326 e. The van der Waals surface area contributed by atoms with Crippen LogP contribution in [-0.4, -0.2) is 40.6 Å². The number of piperidine rings is 1. The Kier molecular flexibility index (Phi) is 6.97. The molecule has 0 radical (unpaired) electrons. The van der Waals surface area contributed by atoms with Gasteiger partial charge in [0.15, 0.2) is 0 Å². The lowest BCUT2D eigenvalue weighted by atomic mass is 9.88. The fraction of sp³-hybridized carbons (Fsp3) is 0.259. The number of carbonyl (C=O) groups is 2. The Labute approximate surface area is 188 Å². The van der Waals surface area contributed by atoms with Crippen molar-refractivity contribution < 1.29 is 19.4 Å². The Bertz CT molecular complexity index is 984. The molecular weight excluding hydrogens is 402 g/mol. The fourth-order valence-corrected chi connectivity index (χ4v) is 4.31. The number of hydrogen-bond acceptors (Lipinski definition) is 3. The molecule has 0 aliphatic carbocycles. The zero-order chi connectivity index (χ0) is 22.3. The first-order chi connectivity index (χ1) is 15.6. The number of aliphatic carboxylic acids is 1. The van der Waals surface area contributed by atoms with E-state index in [2.05, 4.69) is 0 Å². The summed E-state index contributed by atoms with van der Waals surface area (Å²) in [5.74, 6) is -1.72. The molecule has 1 aliphatic rings. The van der Waals surface area contributed by atoms with Gasteiger partial charge in [0.05, 0.1) is 18.6 Å². The molecular formula is C27H27NO4. The van der Waals surface area contributed by atoms with Crippen molar-refractivity contribution in [3.63, 3.8) is 0 Å². The number of nitrogens with zero attached hydrogens (tertiary/aromatic N) is 1. The minimum Gasteiger partial charge on any atom is -0.480 e. The lowest BCUT2D eigenvalue weighted by molar-refractivity contribution is -0.156. The first-order valence-electron chi connectivity index (χ1n) is 10.9. The monoisotopic (exact) mass is 429 g/mol. The van der Waals surface area contributed by atoms with Crippen molar-refractivity contribution >= 4 is 11.9 Å². The fourth-order valence-electron chi connectivity index (χ4n) is 4.31. The van der Waals surface area contributed by atoms with Crippen molar-refractivity contribution in [2.45, 2.75) is 37.5 Å². The van der Waals surface area contributed by atoms with Gasteiger partial charge in [0.2, 0.25) is 5.91 Å². The van der Waals surface area contributed by atoms with Crippen LogP contribution in [0.5, 0.6) is 0 Å². The molecule has 2 atom stereocenters. The Hall–Kier alpha value is -3.44. The molecule has 1 aliphatic heterocycles. The van der Waals surface area contributed by atoms with E-state index in [4.69, 9.17) is 4.74 Å². The Balaban J connectivity index is 1.53. The summed E-state index contributed by atoms with van der Waals surface area (Å²) in [4.78, 5) is 27.4. The smallest absolute Gasteiger partial charge is 0.326 e. The highest BCUT2D eigenvalue weighted by molar-refractivity contribution is 5.91. The van der Waals surface area contributed by atoms with Crippen LogP contribution >= 0.6 is 0 Å².